The Morgan fingerprint density at radius 1 is 1.08 bits per heavy atom. The second-order valence-corrected chi connectivity index (χ2v) is 6.47. The van der Waals surface area contributed by atoms with Gasteiger partial charge in [-0.05, 0) is 30.0 Å². The minimum Gasteiger partial charge on any atom is -0.360 e. The Morgan fingerprint density at radius 2 is 1.92 bits per heavy atom. The molecule has 0 bridgehead atoms. The van der Waals surface area contributed by atoms with E-state index in [1.807, 2.05) is 17.5 Å². The number of para-hydroxylation sites is 1. The van der Waals surface area contributed by atoms with Crippen LogP contribution in [-0.2, 0) is 11.2 Å². The van der Waals surface area contributed by atoms with Crippen LogP contribution in [0.5, 0.6) is 0 Å². The summed E-state index contributed by atoms with van der Waals surface area (Å²) in [7, 11) is 0. The van der Waals surface area contributed by atoms with E-state index < -0.39 is 5.91 Å². The Morgan fingerprint density at radius 3 is 2.72 bits per heavy atom. The van der Waals surface area contributed by atoms with E-state index in [9.17, 15) is 14.4 Å². The molecule has 3 rings (SSSR count). The fraction of sp³-hybridized carbons (Fsp3) is 0.167. The molecule has 2 amide bonds. The highest BCUT2D eigenvalue weighted by molar-refractivity contribution is 7.09. The molecule has 0 radical (unpaired) electrons. The molecule has 3 aromatic rings. The number of thiophene rings is 1. The number of amides is 2. The van der Waals surface area contributed by atoms with E-state index in [4.69, 9.17) is 0 Å². The summed E-state index contributed by atoms with van der Waals surface area (Å²) in [6.07, 6.45) is 2.12. The van der Waals surface area contributed by atoms with Gasteiger partial charge in [0.25, 0.3) is 5.91 Å². The van der Waals surface area contributed by atoms with E-state index in [0.717, 1.165) is 6.42 Å². The monoisotopic (exact) mass is 355 g/mol. The Bertz CT molecular complexity index is 948. The van der Waals surface area contributed by atoms with E-state index >= 15 is 0 Å². The fourth-order valence-corrected chi connectivity index (χ4v) is 3.14. The summed E-state index contributed by atoms with van der Waals surface area (Å²) in [5.74, 6) is -0.859. The lowest BCUT2D eigenvalue weighted by atomic mass is 10.1. The molecule has 0 aliphatic heterocycles. The van der Waals surface area contributed by atoms with Crippen molar-refractivity contribution in [3.8, 4) is 0 Å². The molecule has 0 fully saturated rings. The van der Waals surface area contributed by atoms with Gasteiger partial charge in [-0.3, -0.25) is 14.4 Å². The number of H-pyrrole nitrogens is 1. The van der Waals surface area contributed by atoms with Gasteiger partial charge >= 0.3 is 0 Å². The Kier molecular flexibility index (Phi) is 5.25. The van der Waals surface area contributed by atoms with Gasteiger partial charge in [0, 0.05) is 28.5 Å². The molecular formula is C18H17N3O3S. The number of hydrogen-bond donors (Lipinski definition) is 3. The van der Waals surface area contributed by atoms with Crippen LogP contribution in [0.3, 0.4) is 0 Å². The van der Waals surface area contributed by atoms with Gasteiger partial charge in [0.2, 0.25) is 11.3 Å². The van der Waals surface area contributed by atoms with Crippen LogP contribution in [0.2, 0.25) is 0 Å². The minimum absolute atomic E-state index is 0.00918. The van der Waals surface area contributed by atoms with Crippen LogP contribution < -0.4 is 16.1 Å². The third-order valence-electron chi connectivity index (χ3n) is 3.72. The van der Waals surface area contributed by atoms with Crippen LogP contribution in [0.1, 0.15) is 15.2 Å². The number of pyridine rings is 1. The smallest absolute Gasteiger partial charge is 0.257 e. The fourth-order valence-electron chi connectivity index (χ4n) is 2.43. The highest BCUT2D eigenvalue weighted by Gasteiger charge is 2.13. The first kappa shape index (κ1) is 16.9. The van der Waals surface area contributed by atoms with Crippen molar-refractivity contribution in [2.45, 2.75) is 6.42 Å². The van der Waals surface area contributed by atoms with Gasteiger partial charge < -0.3 is 15.6 Å². The van der Waals surface area contributed by atoms with E-state index in [2.05, 4.69) is 15.6 Å². The SMILES string of the molecule is O=C(CNC(=O)c1c[nH]c2ccccc2c1=O)NCCc1cccs1. The van der Waals surface area contributed by atoms with Gasteiger partial charge in [-0.25, -0.2) is 0 Å². The zero-order valence-corrected chi connectivity index (χ0v) is 14.2. The molecular weight excluding hydrogens is 338 g/mol. The molecule has 128 valence electrons. The lowest BCUT2D eigenvalue weighted by Gasteiger charge is -2.07. The van der Waals surface area contributed by atoms with Crippen molar-refractivity contribution in [1.29, 1.82) is 0 Å². The quantitative estimate of drug-likeness (QED) is 0.628. The molecule has 6 nitrogen and oxygen atoms in total. The number of aromatic nitrogens is 1. The van der Waals surface area contributed by atoms with Gasteiger partial charge in [-0.15, -0.1) is 11.3 Å². The number of benzene rings is 1. The van der Waals surface area contributed by atoms with Gasteiger partial charge in [0.1, 0.15) is 5.56 Å². The molecule has 0 aliphatic rings. The summed E-state index contributed by atoms with van der Waals surface area (Å²) >= 11 is 1.63. The van der Waals surface area contributed by atoms with Crippen LogP contribution in [0.4, 0.5) is 0 Å². The molecule has 2 aromatic heterocycles. The maximum Gasteiger partial charge on any atom is 0.257 e. The summed E-state index contributed by atoms with van der Waals surface area (Å²) in [5, 5.41) is 7.64. The number of carbonyl (C=O) groups excluding carboxylic acids is 2. The zero-order chi connectivity index (χ0) is 17.6. The van der Waals surface area contributed by atoms with Crippen molar-refractivity contribution in [1.82, 2.24) is 15.6 Å². The van der Waals surface area contributed by atoms with Crippen molar-refractivity contribution >= 4 is 34.1 Å². The zero-order valence-electron chi connectivity index (χ0n) is 13.4. The van der Waals surface area contributed by atoms with E-state index in [1.165, 1.54) is 11.1 Å². The molecule has 3 N–H and O–H groups in total. The van der Waals surface area contributed by atoms with Crippen LogP contribution in [0, 0.1) is 0 Å². The van der Waals surface area contributed by atoms with Gasteiger partial charge in [0.05, 0.1) is 6.54 Å². The van der Waals surface area contributed by atoms with Gasteiger partial charge in [-0.2, -0.15) is 0 Å². The van der Waals surface area contributed by atoms with Crippen molar-refractivity contribution in [3.05, 3.63) is 68.6 Å². The van der Waals surface area contributed by atoms with Crippen molar-refractivity contribution in [3.63, 3.8) is 0 Å². The largest absolute Gasteiger partial charge is 0.360 e. The number of hydrogen-bond acceptors (Lipinski definition) is 4. The number of fused-ring (bicyclic) bond motifs is 1. The molecule has 25 heavy (non-hydrogen) atoms. The molecule has 0 aliphatic carbocycles. The highest BCUT2D eigenvalue weighted by atomic mass is 32.1. The van der Waals surface area contributed by atoms with Crippen LogP contribution in [0.15, 0.2) is 52.8 Å². The first-order valence-electron chi connectivity index (χ1n) is 7.83. The summed E-state index contributed by atoms with van der Waals surface area (Å²) in [6, 6.07) is 10.9. The maximum absolute atomic E-state index is 12.3. The third kappa shape index (κ3) is 4.13. The summed E-state index contributed by atoms with van der Waals surface area (Å²) in [5.41, 5.74) is 0.297. The van der Waals surface area contributed by atoms with E-state index in [-0.39, 0.29) is 23.4 Å². The molecule has 0 atom stereocenters. The van der Waals surface area contributed by atoms with Gasteiger partial charge in [0.15, 0.2) is 0 Å². The highest BCUT2D eigenvalue weighted by Crippen LogP contribution is 2.08. The first-order chi connectivity index (χ1) is 12.1. The predicted octanol–water partition coefficient (Wildman–Crippen LogP) is 1.68. The minimum atomic E-state index is -0.569. The summed E-state index contributed by atoms with van der Waals surface area (Å²) < 4.78 is 0. The molecule has 1 aromatic carbocycles. The van der Waals surface area contributed by atoms with Crippen molar-refractivity contribution < 1.29 is 9.59 Å². The number of rotatable bonds is 6. The Balaban J connectivity index is 1.54. The van der Waals surface area contributed by atoms with Crippen LogP contribution in [0.25, 0.3) is 10.9 Å². The first-order valence-corrected chi connectivity index (χ1v) is 8.71. The summed E-state index contributed by atoms with van der Waals surface area (Å²) in [4.78, 5) is 40.4. The number of nitrogens with one attached hydrogen (secondary N) is 3. The summed E-state index contributed by atoms with van der Waals surface area (Å²) in [6.45, 7) is 0.335. The molecule has 0 saturated carbocycles. The Labute approximate surface area is 147 Å². The topological polar surface area (TPSA) is 91.1 Å². The molecule has 0 spiro atoms. The standard InChI is InChI=1S/C18H17N3O3S/c22-16(19-8-7-12-4-3-9-25-12)11-21-18(24)14-10-20-15-6-2-1-5-13(15)17(14)23/h1-6,9-10H,7-8,11H2,(H,19,22)(H,20,23)(H,21,24). The van der Waals surface area contributed by atoms with E-state index in [1.54, 1.807) is 35.6 Å². The maximum atomic E-state index is 12.3. The van der Waals surface area contributed by atoms with Crippen molar-refractivity contribution in [2.24, 2.45) is 0 Å². The van der Waals surface area contributed by atoms with Crippen LogP contribution in [-0.4, -0.2) is 29.9 Å². The Hall–Kier alpha value is -2.93. The third-order valence-corrected chi connectivity index (χ3v) is 4.65. The number of aromatic amines is 1. The second kappa shape index (κ2) is 7.76. The molecule has 0 unspecified atom stereocenters. The number of carbonyl (C=O) groups is 2. The predicted molar refractivity (Wildman–Crippen MR) is 97.9 cm³/mol. The average molecular weight is 355 g/mol. The lowest BCUT2D eigenvalue weighted by Crippen LogP contribution is -2.39. The van der Waals surface area contributed by atoms with Crippen LogP contribution >= 0.6 is 11.3 Å². The second-order valence-electron chi connectivity index (χ2n) is 5.44. The van der Waals surface area contributed by atoms with E-state index in [0.29, 0.717) is 17.4 Å². The normalized spacial score (nSPS) is 10.6. The molecule has 2 heterocycles. The molecule has 0 saturated heterocycles. The van der Waals surface area contributed by atoms with Gasteiger partial charge in [-0.1, -0.05) is 18.2 Å². The van der Waals surface area contributed by atoms with Crippen molar-refractivity contribution in [2.75, 3.05) is 13.1 Å². The lowest BCUT2D eigenvalue weighted by molar-refractivity contribution is -0.120. The molecule has 7 heteroatoms. The average Bonchev–Trinajstić information content (AvgIpc) is 3.14.